The number of para-hydroxylation sites is 1. The summed E-state index contributed by atoms with van der Waals surface area (Å²) in [5.41, 5.74) is 1.37. The van der Waals surface area contributed by atoms with E-state index in [1.54, 1.807) is 0 Å². The molecule has 1 saturated heterocycles. The molecule has 19 heavy (non-hydrogen) atoms. The molecule has 106 valence electrons. The first-order valence-electron chi connectivity index (χ1n) is 7.46. The lowest BCUT2D eigenvalue weighted by Gasteiger charge is -2.38. The fraction of sp³-hybridized carbons (Fsp3) is 0.625. The van der Waals surface area contributed by atoms with Crippen LogP contribution in [0, 0.1) is 0 Å². The Kier molecular flexibility index (Phi) is 5.67. The number of anilines is 1. The second-order valence-electron chi connectivity index (χ2n) is 5.49. The molecule has 0 atom stereocenters. The van der Waals surface area contributed by atoms with Gasteiger partial charge in [0.25, 0.3) is 0 Å². The molecule has 0 spiro atoms. The number of benzene rings is 1. The van der Waals surface area contributed by atoms with Gasteiger partial charge in [0.1, 0.15) is 0 Å². The number of nitrogens with zero attached hydrogens (tertiary/aromatic N) is 2. The number of hydrogen-bond donors (Lipinski definition) is 1. The monoisotopic (exact) mass is 261 g/mol. The van der Waals surface area contributed by atoms with Crippen molar-refractivity contribution in [1.82, 2.24) is 10.2 Å². The predicted molar refractivity (Wildman–Crippen MR) is 82.9 cm³/mol. The van der Waals surface area contributed by atoms with Crippen molar-refractivity contribution in [2.24, 2.45) is 0 Å². The van der Waals surface area contributed by atoms with Crippen molar-refractivity contribution in [2.75, 3.05) is 45.2 Å². The van der Waals surface area contributed by atoms with E-state index >= 15 is 0 Å². The molecule has 0 aliphatic carbocycles. The molecule has 1 aliphatic rings. The first-order valence-corrected chi connectivity index (χ1v) is 7.46. The van der Waals surface area contributed by atoms with Gasteiger partial charge in [-0.05, 0) is 58.6 Å². The molecule has 3 nitrogen and oxygen atoms in total. The molecule has 3 heteroatoms. The van der Waals surface area contributed by atoms with Gasteiger partial charge in [-0.1, -0.05) is 18.2 Å². The van der Waals surface area contributed by atoms with Crippen LogP contribution in [0.5, 0.6) is 0 Å². The first-order chi connectivity index (χ1) is 9.31. The minimum Gasteiger partial charge on any atom is -0.371 e. The van der Waals surface area contributed by atoms with Crippen LogP contribution in [-0.2, 0) is 0 Å². The van der Waals surface area contributed by atoms with E-state index in [2.05, 4.69) is 52.5 Å². The topological polar surface area (TPSA) is 18.5 Å². The summed E-state index contributed by atoms with van der Waals surface area (Å²) in [4.78, 5) is 5.05. The van der Waals surface area contributed by atoms with E-state index < -0.39 is 0 Å². The van der Waals surface area contributed by atoms with Crippen LogP contribution in [0.4, 0.5) is 5.69 Å². The Morgan fingerprint density at radius 3 is 2.53 bits per heavy atom. The quantitative estimate of drug-likeness (QED) is 0.792. The minimum atomic E-state index is 0.761. The van der Waals surface area contributed by atoms with Gasteiger partial charge in [-0.15, -0.1) is 0 Å². The standard InChI is InChI=1S/C16H27N3/c1-17-11-6-12-18(2)15-9-13-19(14-10-15)16-7-4-3-5-8-16/h3-5,7-8,15,17H,6,9-14H2,1-2H3. The normalized spacial score (nSPS) is 17.1. The molecule has 0 amide bonds. The van der Waals surface area contributed by atoms with Crippen LogP contribution in [0.3, 0.4) is 0 Å². The maximum Gasteiger partial charge on any atom is 0.0366 e. The van der Waals surface area contributed by atoms with E-state index in [1.165, 1.54) is 44.6 Å². The number of hydrogen-bond acceptors (Lipinski definition) is 3. The lowest BCUT2D eigenvalue weighted by molar-refractivity contribution is 0.206. The molecule has 0 aromatic heterocycles. The van der Waals surface area contributed by atoms with E-state index in [0.717, 1.165) is 12.6 Å². The number of nitrogens with one attached hydrogen (secondary N) is 1. The van der Waals surface area contributed by atoms with E-state index in [-0.39, 0.29) is 0 Å². The van der Waals surface area contributed by atoms with Crippen LogP contribution in [0.2, 0.25) is 0 Å². The molecule has 0 radical (unpaired) electrons. The molecule has 1 aromatic rings. The Balaban J connectivity index is 1.76. The summed E-state index contributed by atoms with van der Waals surface area (Å²) in [6.45, 7) is 4.69. The molecule has 1 heterocycles. The van der Waals surface area contributed by atoms with Crippen molar-refractivity contribution in [1.29, 1.82) is 0 Å². The lowest BCUT2D eigenvalue weighted by atomic mass is 10.0. The summed E-state index contributed by atoms with van der Waals surface area (Å²) in [5, 5.41) is 3.22. The number of piperidine rings is 1. The summed E-state index contributed by atoms with van der Waals surface area (Å²) in [5.74, 6) is 0. The lowest BCUT2D eigenvalue weighted by Crippen LogP contribution is -2.44. The SMILES string of the molecule is CNCCCN(C)C1CCN(c2ccccc2)CC1. The summed E-state index contributed by atoms with van der Waals surface area (Å²) in [6, 6.07) is 11.5. The Morgan fingerprint density at radius 2 is 1.89 bits per heavy atom. The van der Waals surface area contributed by atoms with Crippen LogP contribution in [0.15, 0.2) is 30.3 Å². The van der Waals surface area contributed by atoms with Crippen molar-refractivity contribution in [3.63, 3.8) is 0 Å². The van der Waals surface area contributed by atoms with Crippen LogP contribution in [-0.4, -0.2) is 51.2 Å². The molecule has 1 fully saturated rings. The molecule has 0 saturated carbocycles. The second kappa shape index (κ2) is 7.51. The van der Waals surface area contributed by atoms with Gasteiger partial charge in [-0.2, -0.15) is 0 Å². The van der Waals surface area contributed by atoms with Gasteiger partial charge < -0.3 is 15.1 Å². The smallest absolute Gasteiger partial charge is 0.0366 e. The van der Waals surface area contributed by atoms with Crippen molar-refractivity contribution < 1.29 is 0 Å². The highest BCUT2D eigenvalue weighted by molar-refractivity contribution is 5.46. The van der Waals surface area contributed by atoms with E-state index in [9.17, 15) is 0 Å². The van der Waals surface area contributed by atoms with Gasteiger partial charge >= 0.3 is 0 Å². The zero-order valence-corrected chi connectivity index (χ0v) is 12.3. The predicted octanol–water partition coefficient (Wildman–Crippen LogP) is 2.20. The largest absolute Gasteiger partial charge is 0.371 e. The molecule has 1 aromatic carbocycles. The highest BCUT2D eigenvalue weighted by atomic mass is 15.2. The van der Waals surface area contributed by atoms with Crippen LogP contribution in [0.25, 0.3) is 0 Å². The summed E-state index contributed by atoms with van der Waals surface area (Å²) in [6.07, 6.45) is 3.81. The first kappa shape index (κ1) is 14.4. The zero-order valence-electron chi connectivity index (χ0n) is 12.3. The molecule has 0 bridgehead atoms. The highest BCUT2D eigenvalue weighted by Gasteiger charge is 2.21. The highest BCUT2D eigenvalue weighted by Crippen LogP contribution is 2.21. The number of rotatable bonds is 6. The molecular formula is C16H27N3. The fourth-order valence-electron chi connectivity index (χ4n) is 2.89. The van der Waals surface area contributed by atoms with Crippen molar-refractivity contribution in [3.05, 3.63) is 30.3 Å². The summed E-state index contributed by atoms with van der Waals surface area (Å²) < 4.78 is 0. The average Bonchev–Trinajstić information content (AvgIpc) is 2.48. The van der Waals surface area contributed by atoms with E-state index in [1.807, 2.05) is 7.05 Å². The van der Waals surface area contributed by atoms with Crippen LogP contribution >= 0.6 is 0 Å². The maximum atomic E-state index is 3.22. The van der Waals surface area contributed by atoms with Crippen molar-refractivity contribution >= 4 is 5.69 Å². The van der Waals surface area contributed by atoms with Gasteiger partial charge in [0.15, 0.2) is 0 Å². The van der Waals surface area contributed by atoms with Gasteiger partial charge in [0.2, 0.25) is 0 Å². The second-order valence-corrected chi connectivity index (χ2v) is 5.49. The molecule has 0 unspecified atom stereocenters. The van der Waals surface area contributed by atoms with E-state index in [4.69, 9.17) is 0 Å². The Hall–Kier alpha value is -1.06. The molecule has 1 N–H and O–H groups in total. The summed E-state index contributed by atoms with van der Waals surface area (Å²) >= 11 is 0. The van der Waals surface area contributed by atoms with Crippen molar-refractivity contribution in [2.45, 2.75) is 25.3 Å². The van der Waals surface area contributed by atoms with Gasteiger partial charge in [-0.25, -0.2) is 0 Å². The van der Waals surface area contributed by atoms with E-state index in [0.29, 0.717) is 0 Å². The van der Waals surface area contributed by atoms with Gasteiger partial charge in [-0.3, -0.25) is 0 Å². The minimum absolute atomic E-state index is 0.761. The Labute approximate surface area is 117 Å². The molecular weight excluding hydrogens is 234 g/mol. The van der Waals surface area contributed by atoms with Crippen LogP contribution < -0.4 is 10.2 Å². The zero-order chi connectivity index (χ0) is 13.5. The van der Waals surface area contributed by atoms with Crippen molar-refractivity contribution in [3.8, 4) is 0 Å². The molecule has 1 aliphatic heterocycles. The van der Waals surface area contributed by atoms with Crippen LogP contribution in [0.1, 0.15) is 19.3 Å². The third-order valence-electron chi connectivity index (χ3n) is 4.15. The Morgan fingerprint density at radius 1 is 1.21 bits per heavy atom. The average molecular weight is 261 g/mol. The third kappa shape index (κ3) is 4.22. The maximum absolute atomic E-state index is 3.22. The third-order valence-corrected chi connectivity index (χ3v) is 4.15. The molecule has 2 rings (SSSR count). The summed E-state index contributed by atoms with van der Waals surface area (Å²) in [7, 11) is 4.30. The van der Waals surface area contributed by atoms with Gasteiger partial charge in [0.05, 0.1) is 0 Å². The fourth-order valence-corrected chi connectivity index (χ4v) is 2.89. The van der Waals surface area contributed by atoms with Gasteiger partial charge in [0, 0.05) is 24.8 Å². The Bertz CT molecular complexity index is 344.